The molecule has 3 heterocycles. The average Bonchev–Trinajstić information content (AvgIpc) is 2.61. The van der Waals surface area contributed by atoms with Crippen molar-refractivity contribution in [2.75, 3.05) is 13.2 Å². The number of fused-ring (bicyclic) bond motifs is 3. The zero-order chi connectivity index (χ0) is 11.1. The van der Waals surface area contributed by atoms with Crippen molar-refractivity contribution in [1.29, 1.82) is 0 Å². The summed E-state index contributed by atoms with van der Waals surface area (Å²) >= 11 is 3.62. The highest BCUT2D eigenvalue weighted by Crippen LogP contribution is 2.40. The summed E-state index contributed by atoms with van der Waals surface area (Å²) in [4.78, 5) is 18.1. The first-order valence-electron chi connectivity index (χ1n) is 6.01. The fraction of sp³-hybridized carbons (Fsp3) is 0.909. The lowest BCUT2D eigenvalue weighted by Crippen LogP contribution is -2.40. The van der Waals surface area contributed by atoms with E-state index in [9.17, 15) is 4.79 Å². The highest BCUT2D eigenvalue weighted by Gasteiger charge is 2.52. The maximum atomic E-state index is 11.9. The Kier molecular flexibility index (Phi) is 2.94. The van der Waals surface area contributed by atoms with E-state index in [-0.39, 0.29) is 28.9 Å². The van der Waals surface area contributed by atoms with Crippen LogP contribution < -0.4 is 0 Å². The second-order valence-electron chi connectivity index (χ2n) is 4.77. The van der Waals surface area contributed by atoms with Gasteiger partial charge in [0.2, 0.25) is 0 Å². The number of esters is 1. The number of halogens is 1. The van der Waals surface area contributed by atoms with Gasteiger partial charge in [0.1, 0.15) is 12.0 Å². The van der Waals surface area contributed by atoms with Gasteiger partial charge in [0, 0.05) is 11.4 Å². The summed E-state index contributed by atoms with van der Waals surface area (Å²) in [6, 6.07) is 0.240. The van der Waals surface area contributed by atoms with Gasteiger partial charge >= 0.3 is 5.97 Å². The number of piperidine rings is 1. The van der Waals surface area contributed by atoms with E-state index < -0.39 is 0 Å². The molecular formula is C11H16BrNO3. The molecule has 0 aromatic rings. The molecule has 0 N–H and O–H groups in total. The number of carbonyl (C=O) groups excluding carboxylic acids is 1. The number of hydrogen-bond acceptors (Lipinski definition) is 4. The van der Waals surface area contributed by atoms with Gasteiger partial charge in [0.05, 0.1) is 12.6 Å². The van der Waals surface area contributed by atoms with Gasteiger partial charge in [0.15, 0.2) is 0 Å². The number of rotatable bonds is 0. The van der Waals surface area contributed by atoms with Crippen LogP contribution in [-0.2, 0) is 14.4 Å². The van der Waals surface area contributed by atoms with Crippen molar-refractivity contribution in [1.82, 2.24) is 5.06 Å². The third-order valence-corrected chi connectivity index (χ3v) is 4.77. The van der Waals surface area contributed by atoms with Crippen molar-refractivity contribution in [2.45, 2.75) is 42.7 Å². The molecule has 0 aromatic heterocycles. The standard InChI is InChI=1S/C11H16BrNO3/c12-7-4-6-15-11(14)9-8-3-1-2-5-13(8)16-10(7)9/h7-10H,1-6H2/t7-,8+,9+,10+/m0/s1. The van der Waals surface area contributed by atoms with Crippen molar-refractivity contribution < 1.29 is 14.4 Å². The van der Waals surface area contributed by atoms with Gasteiger partial charge in [-0.3, -0.25) is 9.63 Å². The van der Waals surface area contributed by atoms with E-state index in [1.54, 1.807) is 0 Å². The molecule has 5 heteroatoms. The Morgan fingerprint density at radius 1 is 1.31 bits per heavy atom. The summed E-state index contributed by atoms with van der Waals surface area (Å²) in [6.45, 7) is 1.46. The van der Waals surface area contributed by atoms with Crippen molar-refractivity contribution in [3.63, 3.8) is 0 Å². The molecule has 0 aliphatic carbocycles. The molecular weight excluding hydrogens is 274 g/mol. The number of nitrogens with zero attached hydrogens (tertiary/aromatic N) is 1. The first-order chi connectivity index (χ1) is 7.77. The van der Waals surface area contributed by atoms with Crippen LogP contribution in [0.15, 0.2) is 0 Å². The van der Waals surface area contributed by atoms with Crippen LogP contribution in [-0.4, -0.2) is 41.2 Å². The average molecular weight is 290 g/mol. The summed E-state index contributed by atoms with van der Waals surface area (Å²) < 4.78 is 5.26. The molecule has 0 amide bonds. The summed E-state index contributed by atoms with van der Waals surface area (Å²) in [5.41, 5.74) is 0. The molecule has 16 heavy (non-hydrogen) atoms. The van der Waals surface area contributed by atoms with E-state index >= 15 is 0 Å². The maximum absolute atomic E-state index is 11.9. The van der Waals surface area contributed by atoms with Gasteiger partial charge < -0.3 is 4.74 Å². The van der Waals surface area contributed by atoms with Crippen molar-refractivity contribution in [3.05, 3.63) is 0 Å². The zero-order valence-corrected chi connectivity index (χ0v) is 10.7. The molecule has 3 rings (SSSR count). The maximum Gasteiger partial charge on any atom is 0.313 e. The molecule has 0 spiro atoms. The molecule has 3 aliphatic rings. The SMILES string of the molecule is O=C1OCC[C@H](Br)[C@H]2ON3CCCC[C@@H]3[C@@H]12. The second kappa shape index (κ2) is 4.27. The Bertz CT molecular complexity index is 299. The van der Waals surface area contributed by atoms with E-state index in [1.807, 2.05) is 5.06 Å². The second-order valence-corrected chi connectivity index (χ2v) is 5.95. The molecule has 3 aliphatic heterocycles. The molecule has 0 aromatic carbocycles. The smallest absolute Gasteiger partial charge is 0.313 e. The first-order valence-corrected chi connectivity index (χ1v) is 6.93. The predicted octanol–water partition coefficient (Wildman–Crippen LogP) is 1.48. The Hall–Kier alpha value is -0.130. The van der Waals surface area contributed by atoms with Gasteiger partial charge in [-0.2, -0.15) is 5.06 Å². The molecule has 0 bridgehead atoms. The summed E-state index contributed by atoms with van der Waals surface area (Å²) in [5.74, 6) is -0.159. The monoisotopic (exact) mass is 289 g/mol. The van der Waals surface area contributed by atoms with Crippen LogP contribution in [0.3, 0.4) is 0 Å². The predicted molar refractivity (Wildman–Crippen MR) is 61.0 cm³/mol. The van der Waals surface area contributed by atoms with Crippen molar-refractivity contribution in [2.24, 2.45) is 5.92 Å². The lowest BCUT2D eigenvalue weighted by molar-refractivity contribution is -0.170. The minimum Gasteiger partial charge on any atom is -0.465 e. The molecule has 0 radical (unpaired) electrons. The third kappa shape index (κ3) is 1.69. The molecule has 0 saturated carbocycles. The van der Waals surface area contributed by atoms with Crippen LogP contribution in [0.25, 0.3) is 0 Å². The van der Waals surface area contributed by atoms with E-state index in [1.165, 1.54) is 6.42 Å². The van der Waals surface area contributed by atoms with Crippen LogP contribution in [0, 0.1) is 5.92 Å². The van der Waals surface area contributed by atoms with Crippen LogP contribution >= 0.6 is 15.9 Å². The first kappa shape index (κ1) is 11.0. The molecule has 3 saturated heterocycles. The molecule has 3 fully saturated rings. The van der Waals surface area contributed by atoms with Crippen LogP contribution in [0.4, 0.5) is 0 Å². The Labute approximate surface area is 103 Å². The minimum absolute atomic E-state index is 0.0295. The minimum atomic E-state index is -0.0906. The van der Waals surface area contributed by atoms with E-state index in [0.29, 0.717) is 6.61 Å². The number of carbonyl (C=O) groups is 1. The lowest BCUT2D eigenvalue weighted by atomic mass is 9.88. The lowest BCUT2D eigenvalue weighted by Gasteiger charge is -2.28. The topological polar surface area (TPSA) is 38.8 Å². The van der Waals surface area contributed by atoms with Crippen molar-refractivity contribution in [3.8, 4) is 0 Å². The Morgan fingerprint density at radius 2 is 2.19 bits per heavy atom. The van der Waals surface area contributed by atoms with Gasteiger partial charge in [0.25, 0.3) is 0 Å². The van der Waals surface area contributed by atoms with E-state index in [2.05, 4.69) is 15.9 Å². The normalized spacial score (nSPS) is 44.4. The van der Waals surface area contributed by atoms with Gasteiger partial charge in [-0.25, -0.2) is 0 Å². The number of cyclic esters (lactones) is 1. The fourth-order valence-electron chi connectivity index (χ4n) is 2.98. The van der Waals surface area contributed by atoms with Crippen LogP contribution in [0.2, 0.25) is 0 Å². The van der Waals surface area contributed by atoms with E-state index in [4.69, 9.17) is 9.57 Å². The van der Waals surface area contributed by atoms with Gasteiger partial charge in [-0.1, -0.05) is 22.4 Å². The Morgan fingerprint density at radius 3 is 3.06 bits per heavy atom. The van der Waals surface area contributed by atoms with Gasteiger partial charge in [-0.05, 0) is 19.3 Å². The van der Waals surface area contributed by atoms with E-state index in [0.717, 1.165) is 25.8 Å². The van der Waals surface area contributed by atoms with Gasteiger partial charge in [-0.15, -0.1) is 0 Å². The van der Waals surface area contributed by atoms with Crippen molar-refractivity contribution >= 4 is 21.9 Å². The fourth-order valence-corrected chi connectivity index (χ4v) is 3.59. The number of hydroxylamine groups is 2. The largest absolute Gasteiger partial charge is 0.465 e. The van der Waals surface area contributed by atoms with Crippen LogP contribution in [0.5, 0.6) is 0 Å². The summed E-state index contributed by atoms with van der Waals surface area (Å²) in [7, 11) is 0. The number of alkyl halides is 1. The molecule has 4 atom stereocenters. The highest BCUT2D eigenvalue weighted by molar-refractivity contribution is 9.09. The number of ether oxygens (including phenoxy) is 1. The summed E-state index contributed by atoms with van der Waals surface area (Å²) in [6.07, 6.45) is 4.22. The zero-order valence-electron chi connectivity index (χ0n) is 9.10. The Balaban J connectivity index is 1.87. The van der Waals surface area contributed by atoms with Crippen LogP contribution in [0.1, 0.15) is 25.7 Å². The highest BCUT2D eigenvalue weighted by atomic mass is 79.9. The molecule has 0 unspecified atom stereocenters. The molecule has 90 valence electrons. The summed E-state index contributed by atoms with van der Waals surface area (Å²) in [5, 5.41) is 2.01. The quantitative estimate of drug-likeness (QED) is 0.500. The molecule has 4 nitrogen and oxygen atoms in total. The number of hydrogen-bond donors (Lipinski definition) is 0. The third-order valence-electron chi connectivity index (χ3n) is 3.79.